The summed E-state index contributed by atoms with van der Waals surface area (Å²) in [5, 5.41) is 0. The molecule has 0 radical (unpaired) electrons. The highest BCUT2D eigenvalue weighted by atomic mass is 16.5. The van der Waals surface area contributed by atoms with Crippen molar-refractivity contribution < 1.29 is 14.3 Å². The van der Waals surface area contributed by atoms with E-state index in [0.29, 0.717) is 23.7 Å². The van der Waals surface area contributed by atoms with Gasteiger partial charge >= 0.3 is 0 Å². The molecule has 1 aromatic rings. The molecule has 5 heteroatoms. The molecule has 0 aromatic heterocycles. The van der Waals surface area contributed by atoms with Gasteiger partial charge in [-0.25, -0.2) is 0 Å². The van der Waals surface area contributed by atoms with Gasteiger partial charge < -0.3 is 20.1 Å². The first kappa shape index (κ1) is 18.3. The lowest BCUT2D eigenvalue weighted by atomic mass is 10.1. The number of unbranched alkanes of at least 4 members (excludes halogenated alkanes) is 2. The lowest BCUT2D eigenvalue weighted by Crippen LogP contribution is -2.43. The van der Waals surface area contributed by atoms with Crippen molar-refractivity contribution in [3.8, 4) is 11.5 Å². The van der Waals surface area contributed by atoms with Crippen LogP contribution in [0.3, 0.4) is 0 Å². The normalized spacial score (nSPS) is 11.9. The number of carbonyl (C=O) groups excluding carboxylic acids is 1. The maximum atomic E-state index is 12.5. The molecule has 0 spiro atoms. The standard InChI is InChI=1S/C17H28N2O3/c1-6-7-8-9-19(17(20)13(3)18)16-14(21-4)10-12(2)11-15(16)22-5/h10-11,13H,6-9,18H2,1-5H3/t13-/m1/s1. The van der Waals surface area contributed by atoms with Crippen molar-refractivity contribution >= 4 is 11.6 Å². The Morgan fingerprint density at radius 1 is 1.23 bits per heavy atom. The van der Waals surface area contributed by atoms with E-state index in [1.54, 1.807) is 26.0 Å². The second-order valence-electron chi connectivity index (χ2n) is 5.50. The fourth-order valence-corrected chi connectivity index (χ4v) is 2.39. The van der Waals surface area contributed by atoms with E-state index in [1.165, 1.54) is 0 Å². The minimum Gasteiger partial charge on any atom is -0.494 e. The Morgan fingerprint density at radius 2 is 1.77 bits per heavy atom. The van der Waals surface area contributed by atoms with Crippen LogP contribution in [0.15, 0.2) is 12.1 Å². The maximum Gasteiger partial charge on any atom is 0.243 e. The van der Waals surface area contributed by atoms with Crippen LogP contribution in [-0.2, 0) is 4.79 Å². The van der Waals surface area contributed by atoms with Crippen molar-refractivity contribution in [2.45, 2.75) is 46.1 Å². The van der Waals surface area contributed by atoms with E-state index in [-0.39, 0.29) is 5.91 Å². The number of ether oxygens (including phenoxy) is 2. The van der Waals surface area contributed by atoms with Gasteiger partial charge in [0.15, 0.2) is 0 Å². The summed E-state index contributed by atoms with van der Waals surface area (Å²) in [6.07, 6.45) is 3.05. The number of hydrogen-bond donors (Lipinski definition) is 1. The molecule has 0 fully saturated rings. The number of amides is 1. The van der Waals surface area contributed by atoms with Gasteiger partial charge in [0.05, 0.1) is 20.3 Å². The first-order valence-corrected chi connectivity index (χ1v) is 7.75. The lowest BCUT2D eigenvalue weighted by molar-refractivity contribution is -0.119. The van der Waals surface area contributed by atoms with Gasteiger partial charge in [-0.1, -0.05) is 19.8 Å². The Hall–Kier alpha value is -1.75. The number of methoxy groups -OCH3 is 2. The number of hydrogen-bond acceptors (Lipinski definition) is 4. The summed E-state index contributed by atoms with van der Waals surface area (Å²) >= 11 is 0. The van der Waals surface area contributed by atoms with E-state index < -0.39 is 6.04 Å². The van der Waals surface area contributed by atoms with Crippen molar-refractivity contribution in [1.82, 2.24) is 0 Å². The summed E-state index contributed by atoms with van der Waals surface area (Å²) in [6, 6.07) is 3.23. The second kappa shape index (κ2) is 8.63. The van der Waals surface area contributed by atoms with Gasteiger partial charge in [0.2, 0.25) is 5.91 Å². The predicted octanol–water partition coefficient (Wildman–Crippen LogP) is 2.88. The van der Waals surface area contributed by atoms with Crippen LogP contribution in [0.4, 0.5) is 5.69 Å². The van der Waals surface area contributed by atoms with Crippen LogP contribution < -0.4 is 20.1 Å². The Morgan fingerprint density at radius 3 is 2.18 bits per heavy atom. The van der Waals surface area contributed by atoms with E-state index >= 15 is 0 Å². The summed E-state index contributed by atoms with van der Waals surface area (Å²) in [7, 11) is 3.19. The fourth-order valence-electron chi connectivity index (χ4n) is 2.39. The van der Waals surface area contributed by atoms with E-state index in [1.807, 2.05) is 19.1 Å². The smallest absolute Gasteiger partial charge is 0.243 e. The number of benzene rings is 1. The van der Waals surface area contributed by atoms with Crippen LogP contribution in [0.2, 0.25) is 0 Å². The largest absolute Gasteiger partial charge is 0.494 e. The highest BCUT2D eigenvalue weighted by Crippen LogP contribution is 2.39. The number of anilines is 1. The third-order valence-electron chi connectivity index (χ3n) is 3.53. The second-order valence-corrected chi connectivity index (χ2v) is 5.50. The molecule has 5 nitrogen and oxygen atoms in total. The zero-order valence-electron chi connectivity index (χ0n) is 14.3. The molecule has 2 N–H and O–H groups in total. The molecule has 0 saturated carbocycles. The van der Waals surface area contributed by atoms with E-state index in [9.17, 15) is 4.79 Å². The van der Waals surface area contributed by atoms with Crippen LogP contribution in [0, 0.1) is 6.92 Å². The average molecular weight is 308 g/mol. The molecule has 0 aliphatic rings. The van der Waals surface area contributed by atoms with Gasteiger partial charge in [0.25, 0.3) is 0 Å². The van der Waals surface area contributed by atoms with Crippen LogP contribution in [-0.4, -0.2) is 32.7 Å². The first-order valence-electron chi connectivity index (χ1n) is 7.75. The maximum absolute atomic E-state index is 12.5. The summed E-state index contributed by atoms with van der Waals surface area (Å²) in [6.45, 7) is 6.39. The summed E-state index contributed by atoms with van der Waals surface area (Å²) in [5.41, 5.74) is 7.49. The molecule has 0 saturated heterocycles. The monoisotopic (exact) mass is 308 g/mol. The quantitative estimate of drug-likeness (QED) is 0.750. The molecule has 0 aliphatic heterocycles. The van der Waals surface area contributed by atoms with Gasteiger partial charge in [0, 0.05) is 6.54 Å². The molecule has 1 atom stereocenters. The van der Waals surface area contributed by atoms with Gasteiger partial charge in [-0.05, 0) is 38.0 Å². The van der Waals surface area contributed by atoms with Crippen molar-refractivity contribution in [3.05, 3.63) is 17.7 Å². The van der Waals surface area contributed by atoms with E-state index in [4.69, 9.17) is 15.2 Å². The molecule has 22 heavy (non-hydrogen) atoms. The number of nitrogens with zero attached hydrogens (tertiary/aromatic N) is 1. The summed E-state index contributed by atoms with van der Waals surface area (Å²) in [5.74, 6) is 1.13. The van der Waals surface area contributed by atoms with E-state index in [2.05, 4.69) is 6.92 Å². The van der Waals surface area contributed by atoms with Crippen LogP contribution in [0.25, 0.3) is 0 Å². The Kier molecular flexibility index (Phi) is 7.18. The molecule has 0 heterocycles. The van der Waals surface area contributed by atoms with Gasteiger partial charge in [0.1, 0.15) is 17.2 Å². The van der Waals surface area contributed by atoms with Crippen molar-refractivity contribution in [2.75, 3.05) is 25.7 Å². The minimum atomic E-state index is -0.572. The Bertz CT molecular complexity index is 476. The first-order chi connectivity index (χ1) is 10.5. The summed E-state index contributed by atoms with van der Waals surface area (Å²) < 4.78 is 10.9. The third-order valence-corrected chi connectivity index (χ3v) is 3.53. The molecule has 0 unspecified atom stereocenters. The van der Waals surface area contributed by atoms with Crippen LogP contribution in [0.5, 0.6) is 11.5 Å². The topological polar surface area (TPSA) is 64.8 Å². The van der Waals surface area contributed by atoms with E-state index in [0.717, 1.165) is 24.8 Å². The summed E-state index contributed by atoms with van der Waals surface area (Å²) in [4.78, 5) is 14.2. The minimum absolute atomic E-state index is 0.128. The zero-order valence-corrected chi connectivity index (χ0v) is 14.3. The van der Waals surface area contributed by atoms with Gasteiger partial charge in [-0.2, -0.15) is 0 Å². The Balaban J connectivity index is 3.30. The molecule has 0 bridgehead atoms. The van der Waals surface area contributed by atoms with Crippen LogP contribution in [0.1, 0.15) is 38.7 Å². The molecule has 1 amide bonds. The Labute approximate surface area is 133 Å². The predicted molar refractivity (Wildman–Crippen MR) is 89.8 cm³/mol. The third kappa shape index (κ3) is 4.37. The van der Waals surface area contributed by atoms with Gasteiger partial charge in [-0.3, -0.25) is 4.79 Å². The molecular formula is C17H28N2O3. The number of rotatable bonds is 8. The number of aryl methyl sites for hydroxylation is 1. The molecule has 124 valence electrons. The zero-order chi connectivity index (χ0) is 16.7. The average Bonchev–Trinajstić information content (AvgIpc) is 2.50. The molecule has 1 aromatic carbocycles. The SMILES string of the molecule is CCCCCN(C(=O)[C@@H](C)N)c1c(OC)cc(C)cc1OC. The van der Waals surface area contributed by atoms with Crippen molar-refractivity contribution in [1.29, 1.82) is 0 Å². The fraction of sp³-hybridized carbons (Fsp3) is 0.588. The molecular weight excluding hydrogens is 280 g/mol. The highest BCUT2D eigenvalue weighted by molar-refractivity contribution is 5.99. The van der Waals surface area contributed by atoms with Crippen LogP contribution >= 0.6 is 0 Å². The molecule has 0 aliphatic carbocycles. The number of carbonyl (C=O) groups is 1. The lowest BCUT2D eigenvalue weighted by Gasteiger charge is -2.28. The van der Waals surface area contributed by atoms with Crippen molar-refractivity contribution in [3.63, 3.8) is 0 Å². The molecule has 1 rings (SSSR count). The highest BCUT2D eigenvalue weighted by Gasteiger charge is 2.25. The number of nitrogens with two attached hydrogens (primary N) is 1. The van der Waals surface area contributed by atoms with Gasteiger partial charge in [-0.15, -0.1) is 0 Å². The van der Waals surface area contributed by atoms with Crippen molar-refractivity contribution in [2.24, 2.45) is 5.73 Å².